The molecule has 1 N–H and O–H groups in total. The Morgan fingerprint density at radius 3 is 2.30 bits per heavy atom. The second-order valence-electron chi connectivity index (χ2n) is 6.47. The van der Waals surface area contributed by atoms with Crippen LogP contribution in [-0.2, 0) is 4.79 Å². The molecular formula is C20H23ClN2O4. The number of aromatic nitrogens is 1. The van der Waals surface area contributed by atoms with Crippen molar-refractivity contribution in [2.75, 3.05) is 24.6 Å². The van der Waals surface area contributed by atoms with E-state index >= 15 is 0 Å². The molecule has 3 rings (SSSR count). The zero-order valence-electron chi connectivity index (χ0n) is 14.9. The first-order valence-corrected chi connectivity index (χ1v) is 8.74. The number of aliphatic carboxylic acids is 1. The average molecular weight is 391 g/mol. The van der Waals surface area contributed by atoms with Crippen molar-refractivity contribution in [3.63, 3.8) is 0 Å². The van der Waals surface area contributed by atoms with Gasteiger partial charge in [0.25, 0.3) is 0 Å². The fourth-order valence-corrected chi connectivity index (χ4v) is 3.21. The number of benzene rings is 1. The van der Waals surface area contributed by atoms with Gasteiger partial charge in [-0.25, -0.2) is 4.79 Å². The fourth-order valence-electron chi connectivity index (χ4n) is 3.21. The standard InChI is InChI=1S/C20H22N2O4.ClH/c23-19(16-1-3-18(4-2-16)26-14-20(24)25)13-15-7-11-22(12-8-15)17-5-9-21-10-6-17;/h1-6,9-10,15H,7-8,11-14H2,(H,24,25);1H. The number of pyridine rings is 1. The fraction of sp³-hybridized carbons (Fsp3) is 0.350. The van der Waals surface area contributed by atoms with Crippen LogP contribution < -0.4 is 9.64 Å². The molecule has 0 atom stereocenters. The molecule has 1 aromatic heterocycles. The predicted molar refractivity (Wildman–Crippen MR) is 105 cm³/mol. The summed E-state index contributed by atoms with van der Waals surface area (Å²) in [6.45, 7) is 1.51. The molecule has 1 aromatic carbocycles. The van der Waals surface area contributed by atoms with Crippen LogP contribution in [0.2, 0.25) is 0 Å². The van der Waals surface area contributed by atoms with Gasteiger partial charge in [0.1, 0.15) is 5.75 Å². The molecule has 0 radical (unpaired) electrons. The van der Waals surface area contributed by atoms with Crippen LogP contribution in [0.15, 0.2) is 48.8 Å². The summed E-state index contributed by atoms with van der Waals surface area (Å²) >= 11 is 0. The van der Waals surface area contributed by atoms with Gasteiger partial charge in [-0.1, -0.05) is 0 Å². The lowest BCUT2D eigenvalue weighted by Gasteiger charge is -2.33. The molecule has 27 heavy (non-hydrogen) atoms. The van der Waals surface area contributed by atoms with Crippen molar-refractivity contribution in [3.05, 3.63) is 54.4 Å². The molecule has 2 aromatic rings. The third-order valence-corrected chi connectivity index (χ3v) is 4.66. The van der Waals surface area contributed by atoms with Crippen molar-refractivity contribution < 1.29 is 19.4 Å². The number of anilines is 1. The number of halogens is 1. The number of rotatable bonds is 7. The van der Waals surface area contributed by atoms with Gasteiger partial charge < -0.3 is 14.7 Å². The second kappa shape index (κ2) is 9.92. The van der Waals surface area contributed by atoms with Gasteiger partial charge in [-0.3, -0.25) is 9.78 Å². The molecule has 1 saturated heterocycles. The summed E-state index contributed by atoms with van der Waals surface area (Å²) < 4.78 is 5.09. The van der Waals surface area contributed by atoms with Crippen LogP contribution in [0, 0.1) is 5.92 Å². The van der Waals surface area contributed by atoms with E-state index in [2.05, 4.69) is 9.88 Å². The Labute approximate surface area is 164 Å². The number of ether oxygens (including phenoxy) is 1. The van der Waals surface area contributed by atoms with Crippen LogP contribution in [0.5, 0.6) is 5.75 Å². The Bertz CT molecular complexity index is 744. The van der Waals surface area contributed by atoms with Gasteiger partial charge in [-0.2, -0.15) is 0 Å². The lowest BCUT2D eigenvalue weighted by molar-refractivity contribution is -0.139. The summed E-state index contributed by atoms with van der Waals surface area (Å²) in [5.74, 6) is -0.0569. The summed E-state index contributed by atoms with van der Waals surface area (Å²) in [6, 6.07) is 10.7. The minimum atomic E-state index is -1.02. The highest BCUT2D eigenvalue weighted by atomic mass is 35.5. The minimum absolute atomic E-state index is 0. The monoisotopic (exact) mass is 390 g/mol. The molecule has 1 fully saturated rings. The van der Waals surface area contributed by atoms with Crippen molar-refractivity contribution in [2.24, 2.45) is 5.92 Å². The molecule has 0 spiro atoms. The highest BCUT2D eigenvalue weighted by Crippen LogP contribution is 2.26. The number of piperidine rings is 1. The topological polar surface area (TPSA) is 79.7 Å². The van der Waals surface area contributed by atoms with E-state index in [-0.39, 0.29) is 24.8 Å². The third-order valence-electron chi connectivity index (χ3n) is 4.66. The molecular weight excluding hydrogens is 368 g/mol. The number of carbonyl (C=O) groups excluding carboxylic acids is 1. The second-order valence-corrected chi connectivity index (χ2v) is 6.47. The van der Waals surface area contributed by atoms with Gasteiger partial charge in [-0.05, 0) is 55.2 Å². The first-order chi connectivity index (χ1) is 12.6. The minimum Gasteiger partial charge on any atom is -0.482 e. The number of carboxylic acids is 1. The third kappa shape index (κ3) is 5.96. The lowest BCUT2D eigenvalue weighted by Crippen LogP contribution is -2.34. The average Bonchev–Trinajstić information content (AvgIpc) is 2.68. The Morgan fingerprint density at radius 1 is 1.07 bits per heavy atom. The number of nitrogens with zero attached hydrogens (tertiary/aromatic N) is 2. The maximum Gasteiger partial charge on any atom is 0.341 e. The summed E-state index contributed by atoms with van der Waals surface area (Å²) in [6.07, 6.45) is 6.13. The van der Waals surface area contributed by atoms with Crippen molar-refractivity contribution in [1.29, 1.82) is 0 Å². The van der Waals surface area contributed by atoms with E-state index in [1.807, 2.05) is 12.1 Å². The quantitative estimate of drug-likeness (QED) is 0.729. The number of Topliss-reactive ketones (excluding diaryl/α,β-unsaturated/α-hetero) is 1. The van der Waals surface area contributed by atoms with Gasteiger partial charge in [0.15, 0.2) is 12.4 Å². The largest absolute Gasteiger partial charge is 0.482 e. The summed E-state index contributed by atoms with van der Waals surface area (Å²) in [5.41, 5.74) is 1.82. The Balaban J connectivity index is 0.00000261. The molecule has 144 valence electrons. The zero-order valence-corrected chi connectivity index (χ0v) is 15.7. The van der Waals surface area contributed by atoms with E-state index in [1.54, 1.807) is 36.7 Å². The molecule has 7 heteroatoms. The lowest BCUT2D eigenvalue weighted by atomic mass is 9.89. The van der Waals surface area contributed by atoms with Crippen LogP contribution in [0.1, 0.15) is 29.6 Å². The molecule has 0 aliphatic carbocycles. The first kappa shape index (κ1) is 20.7. The zero-order chi connectivity index (χ0) is 18.4. The van der Waals surface area contributed by atoms with Crippen LogP contribution in [0.4, 0.5) is 5.69 Å². The van der Waals surface area contributed by atoms with E-state index in [9.17, 15) is 9.59 Å². The normalized spacial score (nSPS) is 14.3. The number of carboxylic acid groups (broad SMARTS) is 1. The van der Waals surface area contributed by atoms with Crippen LogP contribution >= 0.6 is 12.4 Å². The number of hydrogen-bond acceptors (Lipinski definition) is 5. The highest BCUT2D eigenvalue weighted by Gasteiger charge is 2.22. The molecule has 6 nitrogen and oxygen atoms in total. The van der Waals surface area contributed by atoms with Crippen molar-refractivity contribution >= 4 is 29.8 Å². The van der Waals surface area contributed by atoms with Crippen molar-refractivity contribution in [2.45, 2.75) is 19.3 Å². The molecule has 0 saturated carbocycles. The number of carbonyl (C=O) groups is 2. The maximum atomic E-state index is 12.5. The van der Waals surface area contributed by atoms with E-state index in [4.69, 9.17) is 9.84 Å². The SMILES string of the molecule is Cl.O=C(O)COc1ccc(C(=O)CC2CCN(c3ccncc3)CC2)cc1. The Morgan fingerprint density at radius 2 is 1.70 bits per heavy atom. The van der Waals surface area contributed by atoms with Gasteiger partial charge >= 0.3 is 5.97 Å². The van der Waals surface area contributed by atoms with Gasteiger partial charge in [0.05, 0.1) is 0 Å². The van der Waals surface area contributed by atoms with Crippen LogP contribution in [0.3, 0.4) is 0 Å². The van der Waals surface area contributed by atoms with Crippen LogP contribution in [-0.4, -0.2) is 41.5 Å². The smallest absolute Gasteiger partial charge is 0.341 e. The Kier molecular flexibility index (Phi) is 7.61. The van der Waals surface area contributed by atoms with Crippen LogP contribution in [0.25, 0.3) is 0 Å². The summed E-state index contributed by atoms with van der Waals surface area (Å²) in [5, 5.41) is 8.61. The molecule has 0 bridgehead atoms. The summed E-state index contributed by atoms with van der Waals surface area (Å²) in [7, 11) is 0. The van der Waals surface area contributed by atoms with Gasteiger partial charge in [0, 0.05) is 43.2 Å². The maximum absolute atomic E-state index is 12.5. The Hall–Kier alpha value is -2.60. The number of hydrogen-bond donors (Lipinski definition) is 1. The first-order valence-electron chi connectivity index (χ1n) is 8.74. The van der Waals surface area contributed by atoms with Gasteiger partial charge in [0.2, 0.25) is 0 Å². The highest BCUT2D eigenvalue weighted by molar-refractivity contribution is 5.96. The molecule has 2 heterocycles. The van der Waals surface area contributed by atoms with E-state index in [0.29, 0.717) is 23.7 Å². The number of ketones is 1. The van der Waals surface area contributed by atoms with Gasteiger partial charge in [-0.15, -0.1) is 12.4 Å². The summed E-state index contributed by atoms with van der Waals surface area (Å²) in [4.78, 5) is 29.4. The van der Waals surface area contributed by atoms with E-state index < -0.39 is 5.97 Å². The predicted octanol–water partition coefficient (Wildman–Crippen LogP) is 3.46. The van der Waals surface area contributed by atoms with E-state index in [0.717, 1.165) is 25.9 Å². The molecule has 1 aliphatic rings. The van der Waals surface area contributed by atoms with Crippen molar-refractivity contribution in [3.8, 4) is 5.75 Å². The molecule has 0 amide bonds. The molecule has 0 unspecified atom stereocenters. The van der Waals surface area contributed by atoms with E-state index in [1.165, 1.54) is 5.69 Å². The van der Waals surface area contributed by atoms with Crippen molar-refractivity contribution in [1.82, 2.24) is 4.98 Å². The molecule has 1 aliphatic heterocycles.